The lowest BCUT2D eigenvalue weighted by Crippen LogP contribution is -2.21. The van der Waals surface area contributed by atoms with Crippen LogP contribution >= 0.6 is 12.6 Å². The fourth-order valence-corrected chi connectivity index (χ4v) is 1.86. The lowest BCUT2D eigenvalue weighted by Gasteiger charge is -2.09. The third kappa shape index (κ3) is 2.26. The first kappa shape index (κ1) is 12.7. The number of rotatable bonds is 2. The largest absolute Gasteiger partial charge is 0.506 e. The Balaban J connectivity index is 2.63. The summed E-state index contributed by atoms with van der Waals surface area (Å²) >= 11 is 4.07. The Bertz CT molecular complexity index is 650. The van der Waals surface area contributed by atoms with Crippen molar-refractivity contribution in [2.45, 2.75) is 19.6 Å². The summed E-state index contributed by atoms with van der Waals surface area (Å²) in [6.45, 7) is 3.98. The minimum atomic E-state index is -0.360. The number of thiol groups is 1. The van der Waals surface area contributed by atoms with Crippen molar-refractivity contribution in [1.82, 2.24) is 9.78 Å². The van der Waals surface area contributed by atoms with E-state index in [0.29, 0.717) is 11.4 Å². The molecule has 2 rings (SSSR count). The van der Waals surface area contributed by atoms with Gasteiger partial charge in [0.25, 0.3) is 5.56 Å². The van der Waals surface area contributed by atoms with Gasteiger partial charge in [-0.05, 0) is 37.1 Å². The van der Waals surface area contributed by atoms with Crippen molar-refractivity contribution in [1.29, 1.82) is 0 Å². The smallest absolute Gasteiger partial charge is 0.275 e. The Morgan fingerprint density at radius 3 is 2.61 bits per heavy atom. The molecular formula is C13H14N2O2S. The van der Waals surface area contributed by atoms with Crippen molar-refractivity contribution in [3.05, 3.63) is 51.4 Å². The van der Waals surface area contributed by atoms with Crippen molar-refractivity contribution in [3.63, 3.8) is 0 Å². The van der Waals surface area contributed by atoms with E-state index in [2.05, 4.69) is 17.7 Å². The van der Waals surface area contributed by atoms with Gasteiger partial charge in [0.1, 0.15) is 11.4 Å². The lowest BCUT2D eigenvalue weighted by atomic mass is 10.1. The van der Waals surface area contributed by atoms with Gasteiger partial charge in [-0.3, -0.25) is 4.79 Å². The van der Waals surface area contributed by atoms with E-state index in [9.17, 15) is 9.90 Å². The highest BCUT2D eigenvalue weighted by Crippen LogP contribution is 2.16. The zero-order valence-corrected chi connectivity index (χ0v) is 11.1. The third-order valence-electron chi connectivity index (χ3n) is 2.87. The average molecular weight is 262 g/mol. The fraction of sp³-hybridized carbons (Fsp3) is 0.231. The van der Waals surface area contributed by atoms with Crippen molar-refractivity contribution >= 4 is 12.6 Å². The Morgan fingerprint density at radius 2 is 2.00 bits per heavy atom. The number of hydrogen-bond donors (Lipinski definition) is 2. The lowest BCUT2D eigenvalue weighted by molar-refractivity contribution is 0.460. The Labute approximate surface area is 110 Å². The minimum Gasteiger partial charge on any atom is -0.506 e. The van der Waals surface area contributed by atoms with Crippen molar-refractivity contribution in [2.75, 3.05) is 0 Å². The summed E-state index contributed by atoms with van der Waals surface area (Å²) in [6, 6.07) is 6.82. The van der Waals surface area contributed by atoms with E-state index in [1.54, 1.807) is 0 Å². The maximum Gasteiger partial charge on any atom is 0.275 e. The molecule has 0 atom stereocenters. The molecule has 94 valence electrons. The van der Waals surface area contributed by atoms with E-state index in [4.69, 9.17) is 0 Å². The molecule has 5 heteroatoms. The molecule has 0 fully saturated rings. The van der Waals surface area contributed by atoms with Gasteiger partial charge in [0.05, 0.1) is 5.69 Å². The van der Waals surface area contributed by atoms with Gasteiger partial charge in [0.15, 0.2) is 0 Å². The Kier molecular flexibility index (Phi) is 3.43. The van der Waals surface area contributed by atoms with E-state index in [1.165, 1.54) is 4.68 Å². The molecule has 0 saturated carbocycles. The molecule has 1 heterocycles. The van der Waals surface area contributed by atoms with Crippen LogP contribution in [0.3, 0.4) is 0 Å². The molecule has 18 heavy (non-hydrogen) atoms. The average Bonchev–Trinajstić information content (AvgIpc) is 2.33. The second kappa shape index (κ2) is 4.86. The first-order valence-corrected chi connectivity index (χ1v) is 6.17. The second-order valence-electron chi connectivity index (χ2n) is 4.15. The fourth-order valence-electron chi connectivity index (χ4n) is 1.64. The van der Waals surface area contributed by atoms with E-state index < -0.39 is 0 Å². The van der Waals surface area contributed by atoms with Crippen molar-refractivity contribution in [2.24, 2.45) is 0 Å². The van der Waals surface area contributed by atoms with Crippen LogP contribution in [-0.4, -0.2) is 14.9 Å². The standard InChI is InChI=1S/C13H14N2O2S/c1-8-3-4-10(5-9(8)2)15-13(17)6-12(16)11(7-18)14-15/h3-6,16,18H,7H2,1-2H3. The molecule has 0 aliphatic rings. The van der Waals surface area contributed by atoms with Gasteiger partial charge >= 0.3 is 0 Å². The van der Waals surface area contributed by atoms with Crippen LogP contribution < -0.4 is 5.56 Å². The molecule has 1 aromatic carbocycles. The van der Waals surface area contributed by atoms with Gasteiger partial charge in [-0.25, -0.2) is 0 Å². The van der Waals surface area contributed by atoms with Crippen LogP contribution in [0.2, 0.25) is 0 Å². The number of aromatic nitrogens is 2. The number of benzene rings is 1. The number of aryl methyl sites for hydroxylation is 2. The molecule has 0 amide bonds. The van der Waals surface area contributed by atoms with E-state index in [0.717, 1.165) is 17.2 Å². The maximum absolute atomic E-state index is 11.8. The van der Waals surface area contributed by atoms with E-state index in [-0.39, 0.29) is 17.1 Å². The zero-order valence-electron chi connectivity index (χ0n) is 10.2. The Morgan fingerprint density at radius 1 is 1.28 bits per heavy atom. The zero-order chi connectivity index (χ0) is 13.3. The highest BCUT2D eigenvalue weighted by Gasteiger charge is 2.08. The van der Waals surface area contributed by atoms with Crippen LogP contribution in [0.5, 0.6) is 5.75 Å². The summed E-state index contributed by atoms with van der Waals surface area (Å²) in [6.07, 6.45) is 0. The monoisotopic (exact) mass is 262 g/mol. The molecule has 0 spiro atoms. The molecule has 4 nitrogen and oxygen atoms in total. The molecule has 1 N–H and O–H groups in total. The summed E-state index contributed by atoms with van der Waals surface area (Å²) in [5.41, 5.74) is 2.95. The minimum absolute atomic E-state index is 0.116. The first-order chi connectivity index (χ1) is 8.52. The predicted octanol–water partition coefficient (Wildman–Crippen LogP) is 1.98. The maximum atomic E-state index is 11.8. The SMILES string of the molecule is Cc1ccc(-n2nc(CS)c(O)cc2=O)cc1C. The molecule has 0 aliphatic carbocycles. The van der Waals surface area contributed by atoms with Crippen LogP contribution in [0.15, 0.2) is 29.1 Å². The van der Waals surface area contributed by atoms with E-state index in [1.807, 2.05) is 32.0 Å². The highest BCUT2D eigenvalue weighted by atomic mass is 32.1. The van der Waals surface area contributed by atoms with Crippen LogP contribution in [0.25, 0.3) is 5.69 Å². The van der Waals surface area contributed by atoms with Crippen molar-refractivity contribution < 1.29 is 5.11 Å². The molecule has 0 unspecified atom stereocenters. The number of nitrogens with zero attached hydrogens (tertiary/aromatic N) is 2. The second-order valence-corrected chi connectivity index (χ2v) is 4.47. The van der Waals surface area contributed by atoms with Crippen LogP contribution in [-0.2, 0) is 5.75 Å². The highest BCUT2D eigenvalue weighted by molar-refractivity contribution is 7.79. The van der Waals surface area contributed by atoms with Gasteiger partial charge in [-0.2, -0.15) is 22.4 Å². The molecule has 0 bridgehead atoms. The molecule has 0 radical (unpaired) electrons. The van der Waals surface area contributed by atoms with Crippen LogP contribution in [0.4, 0.5) is 0 Å². The van der Waals surface area contributed by atoms with Gasteiger partial charge in [0, 0.05) is 11.8 Å². The third-order valence-corrected chi connectivity index (χ3v) is 3.17. The Hall–Kier alpha value is -1.75. The van der Waals surface area contributed by atoms with Gasteiger partial charge < -0.3 is 5.11 Å². The normalized spacial score (nSPS) is 10.6. The summed E-state index contributed by atoms with van der Waals surface area (Å²) < 4.78 is 1.28. The van der Waals surface area contributed by atoms with Gasteiger partial charge in [0.2, 0.25) is 0 Å². The van der Waals surface area contributed by atoms with Gasteiger partial charge in [-0.1, -0.05) is 6.07 Å². The predicted molar refractivity (Wildman–Crippen MR) is 73.7 cm³/mol. The number of aromatic hydroxyl groups is 1. The summed E-state index contributed by atoms with van der Waals surface area (Å²) in [5, 5.41) is 13.6. The molecule has 0 saturated heterocycles. The summed E-state index contributed by atoms with van der Waals surface area (Å²) in [7, 11) is 0. The van der Waals surface area contributed by atoms with Crippen LogP contribution in [0, 0.1) is 13.8 Å². The van der Waals surface area contributed by atoms with Crippen LogP contribution in [0.1, 0.15) is 16.8 Å². The summed E-state index contributed by atoms with van der Waals surface area (Å²) in [5.74, 6) is 0.159. The molecule has 1 aromatic heterocycles. The number of hydrogen-bond acceptors (Lipinski definition) is 4. The summed E-state index contributed by atoms with van der Waals surface area (Å²) in [4.78, 5) is 11.8. The van der Waals surface area contributed by atoms with Gasteiger partial charge in [-0.15, -0.1) is 0 Å². The quantitative estimate of drug-likeness (QED) is 0.814. The first-order valence-electron chi connectivity index (χ1n) is 5.53. The molecular weight excluding hydrogens is 248 g/mol. The molecule has 2 aromatic rings. The van der Waals surface area contributed by atoms with E-state index >= 15 is 0 Å². The topological polar surface area (TPSA) is 55.1 Å². The van der Waals surface area contributed by atoms with Crippen molar-refractivity contribution in [3.8, 4) is 11.4 Å². The molecule has 0 aliphatic heterocycles.